The fourth-order valence-corrected chi connectivity index (χ4v) is 5.43. The zero-order valence-electron chi connectivity index (χ0n) is 21.7. The molecule has 8 nitrogen and oxygen atoms in total. The van der Waals surface area contributed by atoms with E-state index in [1.165, 1.54) is 18.9 Å². The third-order valence-electron chi connectivity index (χ3n) is 6.38. The second kappa shape index (κ2) is 11.6. The van der Waals surface area contributed by atoms with Gasteiger partial charge in [0.2, 0.25) is 5.91 Å². The van der Waals surface area contributed by atoms with E-state index in [9.17, 15) is 9.59 Å². The van der Waals surface area contributed by atoms with E-state index < -0.39 is 12.0 Å². The van der Waals surface area contributed by atoms with Crippen LogP contribution >= 0.6 is 11.8 Å². The average molecular weight is 522 g/mol. The number of carbonyl (C=O) groups is 2. The lowest BCUT2D eigenvalue weighted by molar-refractivity contribution is -0.136. The number of nitrogens with zero attached hydrogens (tertiary/aromatic N) is 3. The Morgan fingerprint density at radius 3 is 2.49 bits per heavy atom. The molecule has 37 heavy (non-hydrogen) atoms. The molecule has 0 saturated carbocycles. The molecule has 0 aliphatic carbocycles. The van der Waals surface area contributed by atoms with E-state index in [-0.39, 0.29) is 12.3 Å². The van der Waals surface area contributed by atoms with Crippen LogP contribution in [0.3, 0.4) is 0 Å². The second-order valence-corrected chi connectivity index (χ2v) is 9.46. The summed E-state index contributed by atoms with van der Waals surface area (Å²) in [6.45, 7) is 2.45. The lowest BCUT2D eigenvalue weighted by atomic mass is 9.92. The highest BCUT2D eigenvalue weighted by Gasteiger charge is 2.43. The van der Waals surface area contributed by atoms with E-state index in [1.807, 2.05) is 59.7 Å². The van der Waals surface area contributed by atoms with E-state index in [2.05, 4.69) is 0 Å². The number of carbonyl (C=O) groups excluding carboxylic acids is 2. The number of ether oxygens (including phenoxy) is 3. The van der Waals surface area contributed by atoms with Crippen molar-refractivity contribution in [3.05, 3.63) is 82.0 Å². The van der Waals surface area contributed by atoms with Gasteiger partial charge in [-0.25, -0.2) is 9.79 Å². The van der Waals surface area contributed by atoms with Gasteiger partial charge in [-0.05, 0) is 35.6 Å². The smallest absolute Gasteiger partial charge is 0.338 e. The summed E-state index contributed by atoms with van der Waals surface area (Å²) in [5, 5.41) is 2.63. The first-order valence-electron chi connectivity index (χ1n) is 12.0. The number of allylic oxidation sites excluding steroid dienone is 1. The number of rotatable bonds is 9. The average Bonchev–Trinajstić information content (AvgIpc) is 3.33. The number of fused-ring (bicyclic) bond motifs is 1. The van der Waals surface area contributed by atoms with Crippen molar-refractivity contribution in [1.29, 1.82) is 0 Å². The lowest BCUT2D eigenvalue weighted by Crippen LogP contribution is -2.38. The second-order valence-electron chi connectivity index (χ2n) is 8.62. The van der Waals surface area contributed by atoms with Crippen LogP contribution in [0.5, 0.6) is 11.5 Å². The number of hydrogen-bond acceptors (Lipinski definition) is 8. The molecule has 2 aliphatic heterocycles. The van der Waals surface area contributed by atoms with Gasteiger partial charge in [-0.15, -0.1) is 0 Å². The summed E-state index contributed by atoms with van der Waals surface area (Å²) in [5.41, 5.74) is 3.58. The van der Waals surface area contributed by atoms with Crippen LogP contribution < -0.4 is 9.47 Å². The van der Waals surface area contributed by atoms with Gasteiger partial charge in [0.15, 0.2) is 5.17 Å². The standard InChI is InChI=1S/C28H31N3O5S/c1-6-22-25(27(33)36-5)26(21-15-20(34-3)12-13-23(21)35-4)31-19(17-37-28(31)29-22)14-24(32)30(2)16-18-10-8-7-9-11-18/h7-13,15,17,26H,6,14,16H2,1-5H3. The number of thioether (sulfide) groups is 1. The van der Waals surface area contributed by atoms with E-state index in [0.29, 0.717) is 40.9 Å². The third kappa shape index (κ3) is 5.36. The molecule has 1 amide bonds. The van der Waals surface area contributed by atoms with Crippen molar-refractivity contribution in [2.45, 2.75) is 32.4 Å². The number of esters is 1. The molecule has 0 bridgehead atoms. The molecule has 0 aromatic heterocycles. The number of benzene rings is 2. The Kier molecular flexibility index (Phi) is 8.23. The SMILES string of the molecule is CCC1=C(C(=O)OC)C(c2cc(OC)ccc2OC)N2C(CC(=O)N(C)Cc3ccccc3)=CSC2=N1. The normalized spacial score (nSPS) is 16.6. The topological polar surface area (TPSA) is 80.7 Å². The molecule has 2 aliphatic rings. The molecule has 0 N–H and O–H groups in total. The molecule has 0 saturated heterocycles. The summed E-state index contributed by atoms with van der Waals surface area (Å²) in [7, 11) is 6.33. The maximum Gasteiger partial charge on any atom is 0.338 e. The zero-order chi connectivity index (χ0) is 26.5. The van der Waals surface area contributed by atoms with Gasteiger partial charge in [0.25, 0.3) is 0 Å². The van der Waals surface area contributed by atoms with E-state index in [1.54, 1.807) is 32.2 Å². The molecule has 194 valence electrons. The fourth-order valence-electron chi connectivity index (χ4n) is 4.49. The third-order valence-corrected chi connectivity index (χ3v) is 7.27. The minimum atomic E-state index is -0.603. The quantitative estimate of drug-likeness (QED) is 0.435. The van der Waals surface area contributed by atoms with Crippen molar-refractivity contribution in [2.24, 2.45) is 4.99 Å². The van der Waals surface area contributed by atoms with Crippen LogP contribution in [0.2, 0.25) is 0 Å². The fraction of sp³-hybridized carbons (Fsp3) is 0.321. The summed E-state index contributed by atoms with van der Waals surface area (Å²) < 4.78 is 16.4. The van der Waals surface area contributed by atoms with Crippen molar-refractivity contribution in [1.82, 2.24) is 9.80 Å². The van der Waals surface area contributed by atoms with Crippen molar-refractivity contribution in [3.63, 3.8) is 0 Å². The molecule has 2 aromatic carbocycles. The maximum absolute atomic E-state index is 13.3. The lowest BCUT2D eigenvalue weighted by Gasteiger charge is -2.37. The van der Waals surface area contributed by atoms with Crippen LogP contribution in [0.15, 0.2) is 75.9 Å². The van der Waals surface area contributed by atoms with Gasteiger partial charge in [-0.3, -0.25) is 4.79 Å². The molecule has 1 atom stereocenters. The van der Waals surface area contributed by atoms with Crippen LogP contribution in [0, 0.1) is 0 Å². The van der Waals surface area contributed by atoms with Gasteiger partial charge in [-0.1, -0.05) is 49.0 Å². The molecule has 1 unspecified atom stereocenters. The Morgan fingerprint density at radius 1 is 1.08 bits per heavy atom. The highest BCUT2D eigenvalue weighted by Crippen LogP contribution is 2.48. The molecule has 0 radical (unpaired) electrons. The molecule has 9 heteroatoms. The van der Waals surface area contributed by atoms with Crippen LogP contribution in [0.4, 0.5) is 0 Å². The molecular weight excluding hydrogens is 490 g/mol. The number of hydrogen-bond donors (Lipinski definition) is 0. The van der Waals surface area contributed by atoms with Crippen molar-refractivity contribution >= 4 is 28.8 Å². The Morgan fingerprint density at radius 2 is 1.84 bits per heavy atom. The Balaban J connectivity index is 1.73. The molecular formula is C28H31N3O5S. The number of amidine groups is 1. The summed E-state index contributed by atoms with van der Waals surface area (Å²) in [6, 6.07) is 14.7. The van der Waals surface area contributed by atoms with Gasteiger partial charge in [-0.2, -0.15) is 0 Å². The Labute approximate surface area is 221 Å². The Bertz CT molecular complexity index is 1270. The number of methoxy groups -OCH3 is 3. The van der Waals surface area contributed by atoms with Crippen LogP contribution in [-0.4, -0.2) is 55.2 Å². The van der Waals surface area contributed by atoms with Crippen LogP contribution in [0.25, 0.3) is 0 Å². The van der Waals surface area contributed by atoms with Crippen LogP contribution in [-0.2, 0) is 20.9 Å². The van der Waals surface area contributed by atoms with E-state index >= 15 is 0 Å². The monoisotopic (exact) mass is 521 g/mol. The number of aliphatic imine (C=N–C) groups is 1. The molecule has 0 fully saturated rings. The van der Waals surface area contributed by atoms with Gasteiger partial charge in [0.05, 0.1) is 45.1 Å². The predicted octanol–water partition coefficient (Wildman–Crippen LogP) is 4.89. The zero-order valence-corrected chi connectivity index (χ0v) is 22.5. The maximum atomic E-state index is 13.3. The van der Waals surface area contributed by atoms with Gasteiger partial charge < -0.3 is 24.0 Å². The van der Waals surface area contributed by atoms with Crippen molar-refractivity contribution < 1.29 is 23.8 Å². The summed E-state index contributed by atoms with van der Waals surface area (Å²) >= 11 is 1.44. The minimum Gasteiger partial charge on any atom is -0.497 e. The first-order valence-corrected chi connectivity index (χ1v) is 12.8. The first kappa shape index (κ1) is 26.3. The minimum absolute atomic E-state index is 0.0433. The van der Waals surface area contributed by atoms with Gasteiger partial charge in [0, 0.05) is 24.9 Å². The highest BCUT2D eigenvalue weighted by molar-refractivity contribution is 8.16. The first-order chi connectivity index (χ1) is 17.9. The molecule has 2 aromatic rings. The largest absolute Gasteiger partial charge is 0.497 e. The molecule has 0 spiro atoms. The van der Waals surface area contributed by atoms with Crippen LogP contribution in [0.1, 0.15) is 36.9 Å². The van der Waals surface area contributed by atoms with Crippen molar-refractivity contribution in [3.8, 4) is 11.5 Å². The van der Waals surface area contributed by atoms with E-state index in [4.69, 9.17) is 19.2 Å². The summed E-state index contributed by atoms with van der Waals surface area (Å²) in [5.74, 6) is 0.697. The predicted molar refractivity (Wildman–Crippen MR) is 144 cm³/mol. The number of amides is 1. The Hall–Kier alpha value is -3.72. The molecule has 2 heterocycles. The summed E-state index contributed by atoms with van der Waals surface area (Å²) in [6.07, 6.45) is 0.688. The van der Waals surface area contributed by atoms with Gasteiger partial charge >= 0.3 is 5.97 Å². The van der Waals surface area contributed by atoms with E-state index in [0.717, 1.165) is 16.8 Å². The summed E-state index contributed by atoms with van der Waals surface area (Å²) in [4.78, 5) is 34.9. The molecule has 4 rings (SSSR count). The highest BCUT2D eigenvalue weighted by atomic mass is 32.2. The van der Waals surface area contributed by atoms with Gasteiger partial charge in [0.1, 0.15) is 11.5 Å². The van der Waals surface area contributed by atoms with Crippen molar-refractivity contribution in [2.75, 3.05) is 28.4 Å².